The first-order chi connectivity index (χ1) is 45.4. The van der Waals surface area contributed by atoms with Gasteiger partial charge in [-0.2, -0.15) is 0 Å². The second-order valence-corrected chi connectivity index (χ2v) is 24.4. The number of phenolic OH excluding ortho intramolecular Hbond substituents is 2. The van der Waals surface area contributed by atoms with Crippen LogP contribution in [-0.4, -0.2) is 192 Å². The Balaban J connectivity index is 1.54. The number of amides is 11. The van der Waals surface area contributed by atoms with Gasteiger partial charge in [-0.3, -0.25) is 67.1 Å². The monoisotopic (exact) mass is 1360 g/mol. The molecule has 1 aliphatic heterocycles. The smallest absolute Gasteiger partial charge is 0.303 e. The van der Waals surface area contributed by atoms with Gasteiger partial charge in [0, 0.05) is 50.5 Å². The van der Waals surface area contributed by atoms with Crippen LogP contribution in [0.5, 0.6) is 11.5 Å². The molecule has 1 heterocycles. The lowest BCUT2D eigenvalue weighted by molar-refractivity contribution is -0.142. The molecule has 12 atom stereocenters. The quantitative estimate of drug-likeness (QED) is 0.0297. The standard InChI is InChI=1S/C64H88N12O19S/c1-6-34(2)53(64(95)96-42-12-8-7-9-13-42)74-59(90)47(32-38-16-20-40(79)21-17-38)73-58(89)45(24-27-50(66)81)70-61(92)49-15-11-31-76(49)63(94)35(3)67-55(86)46(26-29-52(84)85)71-62(93)54(36(4)77)75-60(91)48(33-39-18-22-41(80)23-19-39)72-56(87)43(14-10-30-65)69-57(88)44(68-37(5)78)25-28-51(82)83/h7-9,12-13,16-23,34-36,43-49,53-54,77,79-80H,6,10-11,14-15,24-33,65H2,1-5H3,(H2,66,81)(H,67,86)(H,68,78)(H,69,88)(H,70,92)(H,71,93)(H,72,87)(H,73,89)(H,74,90)(H,75,91)(H,82,83)(H,84,85)/t34?,35-,36?,43+,44+,45-,46-,47+,48+,49+,53+,54-/m1/s1. The highest BCUT2D eigenvalue weighted by atomic mass is 32.2. The zero-order chi connectivity index (χ0) is 71.3. The lowest BCUT2D eigenvalue weighted by atomic mass is 9.98. The molecule has 524 valence electrons. The lowest BCUT2D eigenvalue weighted by Gasteiger charge is -2.30. The number of aromatic hydroxyl groups is 2. The summed E-state index contributed by atoms with van der Waals surface area (Å²) in [7, 11) is 0. The van der Waals surface area contributed by atoms with Crippen molar-refractivity contribution in [2.75, 3.05) is 13.1 Å². The fourth-order valence-electron chi connectivity index (χ4n) is 10.1. The number of aliphatic hydroxyl groups excluding tert-OH is 1. The molecule has 0 spiro atoms. The summed E-state index contributed by atoms with van der Waals surface area (Å²) in [4.78, 5) is 190. The third-order valence-electron chi connectivity index (χ3n) is 15.6. The van der Waals surface area contributed by atoms with Crippen LogP contribution >= 0.6 is 11.8 Å². The number of primary amides is 1. The van der Waals surface area contributed by atoms with Gasteiger partial charge in [0.1, 0.15) is 71.9 Å². The zero-order valence-corrected chi connectivity index (χ0v) is 54.8. The number of hydrogen-bond donors (Lipinski definition) is 16. The van der Waals surface area contributed by atoms with Crippen molar-refractivity contribution in [2.45, 2.75) is 190 Å². The van der Waals surface area contributed by atoms with Crippen LogP contribution in [0.2, 0.25) is 0 Å². The fourth-order valence-corrected chi connectivity index (χ4v) is 11.1. The predicted molar refractivity (Wildman–Crippen MR) is 346 cm³/mol. The van der Waals surface area contributed by atoms with Crippen LogP contribution < -0.4 is 59.3 Å². The summed E-state index contributed by atoms with van der Waals surface area (Å²) in [6, 6.07) is 4.89. The zero-order valence-electron chi connectivity index (χ0n) is 54.0. The average molecular weight is 1360 g/mol. The number of aliphatic hydroxyl groups is 1. The van der Waals surface area contributed by atoms with Crippen molar-refractivity contribution in [1.82, 2.24) is 52.8 Å². The number of carbonyl (C=O) groups excluding carboxylic acids is 12. The molecular formula is C64H88N12O19S. The van der Waals surface area contributed by atoms with Gasteiger partial charge in [0.2, 0.25) is 70.1 Å². The van der Waals surface area contributed by atoms with Crippen LogP contribution in [0.15, 0.2) is 83.8 Å². The maximum Gasteiger partial charge on any atom is 0.303 e. The molecule has 0 saturated carbocycles. The highest BCUT2D eigenvalue weighted by molar-refractivity contribution is 8.13. The summed E-state index contributed by atoms with van der Waals surface area (Å²) < 4.78 is 0. The molecule has 18 N–H and O–H groups in total. The molecule has 11 amide bonds. The Hall–Kier alpha value is -9.69. The Kier molecular flexibility index (Phi) is 32.2. The van der Waals surface area contributed by atoms with E-state index >= 15 is 0 Å². The van der Waals surface area contributed by atoms with Crippen molar-refractivity contribution < 1.29 is 92.7 Å². The molecule has 3 aromatic carbocycles. The Morgan fingerprint density at radius 3 is 1.46 bits per heavy atom. The van der Waals surface area contributed by atoms with E-state index in [9.17, 15) is 92.7 Å². The van der Waals surface area contributed by atoms with E-state index in [1.165, 1.54) is 55.5 Å². The molecule has 0 bridgehead atoms. The molecule has 32 heteroatoms. The van der Waals surface area contributed by atoms with Gasteiger partial charge in [-0.25, -0.2) is 0 Å². The highest BCUT2D eigenvalue weighted by Gasteiger charge is 2.41. The maximum absolute atomic E-state index is 14.4. The number of carboxylic acid groups (broad SMARTS) is 2. The number of phenols is 2. The van der Waals surface area contributed by atoms with Gasteiger partial charge in [-0.1, -0.05) is 62.7 Å². The number of carboxylic acids is 2. The number of rotatable bonds is 39. The van der Waals surface area contributed by atoms with Crippen LogP contribution in [0.4, 0.5) is 0 Å². The van der Waals surface area contributed by atoms with Crippen molar-refractivity contribution in [1.29, 1.82) is 0 Å². The fraction of sp³-hybridized carbons (Fsp3) is 0.500. The van der Waals surface area contributed by atoms with Crippen molar-refractivity contribution in [2.24, 2.45) is 17.4 Å². The molecule has 0 aromatic heterocycles. The van der Waals surface area contributed by atoms with Crippen LogP contribution in [-0.2, 0) is 80.0 Å². The van der Waals surface area contributed by atoms with Gasteiger partial charge in [-0.05, 0) is 131 Å². The third-order valence-corrected chi connectivity index (χ3v) is 16.6. The molecule has 0 aliphatic carbocycles. The first-order valence-corrected chi connectivity index (χ1v) is 32.2. The minimum absolute atomic E-state index is 0.0284. The Labute approximate surface area is 558 Å². The Morgan fingerprint density at radius 1 is 0.552 bits per heavy atom. The molecule has 2 unspecified atom stereocenters. The molecule has 31 nitrogen and oxygen atoms in total. The number of likely N-dealkylation sites (tertiary alicyclic amines) is 1. The molecule has 1 fully saturated rings. The molecule has 3 aromatic rings. The van der Waals surface area contributed by atoms with Crippen molar-refractivity contribution in [3.05, 3.63) is 90.0 Å². The van der Waals surface area contributed by atoms with Crippen molar-refractivity contribution >= 4 is 93.8 Å². The van der Waals surface area contributed by atoms with Gasteiger partial charge >= 0.3 is 11.9 Å². The number of benzene rings is 3. The number of nitrogens with zero attached hydrogens (tertiary/aromatic N) is 1. The summed E-state index contributed by atoms with van der Waals surface area (Å²) in [5.74, 6) is -13.7. The van der Waals surface area contributed by atoms with E-state index in [1.807, 2.05) is 6.92 Å². The number of aliphatic carboxylic acids is 2. The molecular weight excluding hydrogens is 1270 g/mol. The SMILES string of the molecule is CCC(C)[C@H](NC(=O)[C@H](Cc1ccc(O)cc1)NC(=O)[C@@H](CCC(N)=O)NC(=O)[C@@H]1CCCN1C(=O)[C@@H](C)NC(=O)[C@@H](CCC(=O)O)NC(=O)[C@H](NC(=O)[C@H](Cc1ccc(O)cc1)NC(=O)[C@H](CCCN)NC(=O)[C@H](CCC(=O)O)NC(C)=O)C(C)O)C(=O)Sc1ccccc1. The largest absolute Gasteiger partial charge is 0.508 e. The molecule has 4 rings (SSSR count). The van der Waals surface area contributed by atoms with Crippen molar-refractivity contribution in [3.63, 3.8) is 0 Å². The summed E-state index contributed by atoms with van der Waals surface area (Å²) in [6.45, 7) is 7.00. The summed E-state index contributed by atoms with van der Waals surface area (Å²) in [5, 5.41) is 71.9. The number of nitrogens with one attached hydrogen (secondary N) is 9. The topological polar surface area (TPSA) is 504 Å². The molecule has 1 saturated heterocycles. The average Bonchev–Trinajstić information content (AvgIpc) is 1.57. The number of carbonyl (C=O) groups is 14. The second kappa shape index (κ2) is 39.2. The van der Waals surface area contributed by atoms with E-state index in [0.717, 1.165) is 30.5 Å². The minimum Gasteiger partial charge on any atom is -0.508 e. The third kappa shape index (κ3) is 26.2. The maximum atomic E-state index is 14.4. The lowest BCUT2D eigenvalue weighted by Crippen LogP contribution is -2.62. The van der Waals surface area contributed by atoms with Gasteiger partial charge in [0.25, 0.3) is 0 Å². The van der Waals surface area contributed by atoms with Gasteiger partial charge < -0.3 is 89.8 Å². The van der Waals surface area contributed by atoms with E-state index in [4.69, 9.17) is 11.5 Å². The van der Waals surface area contributed by atoms with E-state index in [0.29, 0.717) is 22.4 Å². The predicted octanol–water partition coefficient (Wildman–Crippen LogP) is -1.24. The second-order valence-electron chi connectivity index (χ2n) is 23.4. The summed E-state index contributed by atoms with van der Waals surface area (Å²) in [6.07, 6.45) is -4.59. The number of thioether (sulfide) groups is 1. The molecule has 96 heavy (non-hydrogen) atoms. The Bertz CT molecular complexity index is 3220. The molecule has 1 aliphatic rings. The summed E-state index contributed by atoms with van der Waals surface area (Å²) in [5.41, 5.74) is 12.0. The first-order valence-electron chi connectivity index (χ1n) is 31.3. The van der Waals surface area contributed by atoms with Crippen LogP contribution in [0.1, 0.15) is 116 Å². The molecule has 0 radical (unpaired) electrons. The number of nitrogens with two attached hydrogens (primary N) is 2. The first kappa shape index (κ1) is 78.8. The normalized spacial score (nSPS) is 16.1. The summed E-state index contributed by atoms with van der Waals surface area (Å²) >= 11 is 0.925. The highest BCUT2D eigenvalue weighted by Crippen LogP contribution is 2.25. The van der Waals surface area contributed by atoms with E-state index in [2.05, 4.69) is 47.9 Å². The van der Waals surface area contributed by atoms with Gasteiger partial charge in [0.15, 0.2) is 0 Å². The van der Waals surface area contributed by atoms with Crippen LogP contribution in [0, 0.1) is 5.92 Å². The Morgan fingerprint density at radius 2 is 0.990 bits per heavy atom. The van der Waals surface area contributed by atoms with Crippen molar-refractivity contribution in [3.8, 4) is 11.5 Å². The van der Waals surface area contributed by atoms with Crippen LogP contribution in [0.25, 0.3) is 0 Å². The van der Waals surface area contributed by atoms with E-state index in [-0.39, 0.29) is 87.0 Å². The van der Waals surface area contributed by atoms with Gasteiger partial charge in [-0.15, -0.1) is 0 Å². The van der Waals surface area contributed by atoms with Gasteiger partial charge in [0.05, 0.1) is 6.10 Å². The van der Waals surface area contributed by atoms with Crippen LogP contribution in [0.3, 0.4) is 0 Å². The minimum atomic E-state index is -1.95. The van der Waals surface area contributed by atoms with E-state index in [1.54, 1.807) is 37.3 Å². The van der Waals surface area contributed by atoms with E-state index < -0.39 is 169 Å². The number of hydrogen-bond acceptors (Lipinski definition) is 19.